The highest BCUT2D eigenvalue weighted by molar-refractivity contribution is 6.30. The summed E-state index contributed by atoms with van der Waals surface area (Å²) in [5, 5.41) is 7.81. The molecule has 1 unspecified atom stereocenters. The Kier molecular flexibility index (Phi) is 4.69. The van der Waals surface area contributed by atoms with Crippen molar-refractivity contribution < 1.29 is 8.91 Å². The quantitative estimate of drug-likeness (QED) is 0.766. The molecule has 6 heteroatoms. The predicted molar refractivity (Wildman–Crippen MR) is 85.6 cm³/mol. The lowest BCUT2D eigenvalue weighted by atomic mass is 10.1. The lowest BCUT2D eigenvalue weighted by Gasteiger charge is -2.16. The van der Waals surface area contributed by atoms with Crippen molar-refractivity contribution in [3.63, 3.8) is 0 Å². The van der Waals surface area contributed by atoms with Crippen molar-refractivity contribution >= 4 is 11.6 Å². The molecule has 23 heavy (non-hydrogen) atoms. The van der Waals surface area contributed by atoms with E-state index >= 15 is 0 Å². The Labute approximate surface area is 138 Å². The predicted octanol–water partition coefficient (Wildman–Crippen LogP) is 4.05. The van der Waals surface area contributed by atoms with Crippen LogP contribution in [0.1, 0.15) is 28.6 Å². The van der Waals surface area contributed by atoms with E-state index in [0.717, 1.165) is 11.1 Å². The van der Waals surface area contributed by atoms with Crippen LogP contribution in [0, 0.1) is 12.7 Å². The highest BCUT2D eigenvalue weighted by Crippen LogP contribution is 2.22. The van der Waals surface area contributed by atoms with Crippen LogP contribution in [0.3, 0.4) is 0 Å². The molecule has 0 bridgehead atoms. The van der Waals surface area contributed by atoms with Crippen molar-refractivity contribution in [1.29, 1.82) is 0 Å². The van der Waals surface area contributed by atoms with Gasteiger partial charge in [0.1, 0.15) is 5.82 Å². The third-order valence-electron chi connectivity index (χ3n) is 3.54. The minimum atomic E-state index is -0.314. The topological polar surface area (TPSA) is 51.0 Å². The van der Waals surface area contributed by atoms with Gasteiger partial charge in [-0.1, -0.05) is 46.6 Å². The van der Waals surface area contributed by atoms with E-state index in [1.807, 2.05) is 25.1 Å². The molecule has 0 saturated heterocycles. The van der Waals surface area contributed by atoms with E-state index in [1.165, 1.54) is 12.5 Å². The zero-order valence-electron chi connectivity index (χ0n) is 12.5. The van der Waals surface area contributed by atoms with Gasteiger partial charge in [-0.3, -0.25) is 5.32 Å². The molecule has 1 N–H and O–H groups in total. The summed E-state index contributed by atoms with van der Waals surface area (Å²) >= 11 is 5.93. The average Bonchev–Trinajstić information content (AvgIpc) is 3.07. The van der Waals surface area contributed by atoms with E-state index < -0.39 is 0 Å². The Morgan fingerprint density at radius 3 is 2.70 bits per heavy atom. The summed E-state index contributed by atoms with van der Waals surface area (Å²) in [5.74, 6) is 0.242. The van der Waals surface area contributed by atoms with Gasteiger partial charge in [0.05, 0.1) is 6.04 Å². The number of benzene rings is 2. The Morgan fingerprint density at radius 1 is 1.22 bits per heavy atom. The van der Waals surface area contributed by atoms with Crippen LogP contribution >= 0.6 is 11.6 Å². The average molecular weight is 332 g/mol. The van der Waals surface area contributed by atoms with Crippen LogP contribution in [-0.2, 0) is 6.54 Å². The van der Waals surface area contributed by atoms with Gasteiger partial charge >= 0.3 is 0 Å². The number of rotatable bonds is 5. The first-order valence-corrected chi connectivity index (χ1v) is 7.51. The third kappa shape index (κ3) is 3.75. The lowest BCUT2D eigenvalue weighted by molar-refractivity contribution is 0.401. The van der Waals surface area contributed by atoms with Crippen LogP contribution in [-0.4, -0.2) is 10.1 Å². The maximum atomic E-state index is 13.9. The molecule has 0 saturated carbocycles. The molecule has 2 aromatic carbocycles. The molecule has 1 atom stereocenters. The van der Waals surface area contributed by atoms with Crippen molar-refractivity contribution in [2.75, 3.05) is 0 Å². The highest BCUT2D eigenvalue weighted by Gasteiger charge is 2.18. The molecule has 0 aliphatic carbocycles. The second kappa shape index (κ2) is 6.89. The molecule has 3 rings (SSSR count). The van der Waals surface area contributed by atoms with Gasteiger partial charge in [-0.2, -0.15) is 4.98 Å². The number of nitrogens with zero attached hydrogens (tertiary/aromatic N) is 2. The first kappa shape index (κ1) is 15.6. The number of aromatic nitrogens is 2. The van der Waals surface area contributed by atoms with Gasteiger partial charge in [0.2, 0.25) is 6.39 Å². The van der Waals surface area contributed by atoms with E-state index in [4.69, 9.17) is 16.1 Å². The van der Waals surface area contributed by atoms with Gasteiger partial charge in [0.15, 0.2) is 5.82 Å². The van der Waals surface area contributed by atoms with Gasteiger partial charge in [-0.25, -0.2) is 4.39 Å². The number of nitrogens with one attached hydrogen (secondary N) is 1. The molecular weight excluding hydrogens is 317 g/mol. The summed E-state index contributed by atoms with van der Waals surface area (Å²) in [6, 6.07) is 12.1. The molecule has 1 heterocycles. The Hall–Kier alpha value is -2.24. The SMILES string of the molecule is Cc1ccc(F)c(CNC(c2ccc(Cl)cc2)c2ncon2)c1. The van der Waals surface area contributed by atoms with E-state index in [-0.39, 0.29) is 11.9 Å². The molecule has 0 radical (unpaired) electrons. The fourth-order valence-corrected chi connectivity index (χ4v) is 2.50. The number of hydrogen-bond donors (Lipinski definition) is 1. The van der Waals surface area contributed by atoms with Gasteiger partial charge in [-0.15, -0.1) is 0 Å². The molecule has 0 aliphatic rings. The largest absolute Gasteiger partial charge is 0.343 e. The minimum absolute atomic E-state index is 0.244. The van der Waals surface area contributed by atoms with Gasteiger partial charge in [-0.05, 0) is 30.7 Å². The maximum absolute atomic E-state index is 13.9. The van der Waals surface area contributed by atoms with Crippen molar-refractivity contribution in [2.24, 2.45) is 0 Å². The van der Waals surface area contributed by atoms with Crippen LogP contribution in [0.5, 0.6) is 0 Å². The molecule has 3 aromatic rings. The Balaban J connectivity index is 1.85. The maximum Gasteiger partial charge on any atom is 0.213 e. The molecule has 0 spiro atoms. The highest BCUT2D eigenvalue weighted by atomic mass is 35.5. The molecule has 4 nitrogen and oxygen atoms in total. The monoisotopic (exact) mass is 331 g/mol. The number of halogens is 2. The van der Waals surface area contributed by atoms with E-state index in [1.54, 1.807) is 18.2 Å². The molecule has 118 valence electrons. The standard InChI is InChI=1S/C17H15ClFN3O/c1-11-2-7-15(19)13(8-11)9-20-16(17-21-10-23-22-17)12-3-5-14(18)6-4-12/h2-8,10,16,20H,9H2,1H3. The van der Waals surface area contributed by atoms with E-state index in [0.29, 0.717) is 23.0 Å². The van der Waals surface area contributed by atoms with E-state index in [2.05, 4.69) is 15.5 Å². The van der Waals surface area contributed by atoms with Crippen molar-refractivity contribution in [3.05, 3.63) is 82.2 Å². The van der Waals surface area contributed by atoms with Gasteiger partial charge in [0.25, 0.3) is 0 Å². The summed E-state index contributed by atoms with van der Waals surface area (Å²) in [5.41, 5.74) is 2.52. The van der Waals surface area contributed by atoms with Crippen molar-refractivity contribution in [1.82, 2.24) is 15.5 Å². The Bertz CT molecular complexity index is 775. The summed E-state index contributed by atoms with van der Waals surface area (Å²) in [6.45, 7) is 2.27. The fourth-order valence-electron chi connectivity index (χ4n) is 2.37. The van der Waals surface area contributed by atoms with Crippen LogP contribution in [0.25, 0.3) is 0 Å². The van der Waals surface area contributed by atoms with Crippen LogP contribution in [0.4, 0.5) is 4.39 Å². The molecule has 0 fully saturated rings. The van der Waals surface area contributed by atoms with Crippen LogP contribution in [0.2, 0.25) is 5.02 Å². The van der Waals surface area contributed by atoms with Crippen LogP contribution < -0.4 is 5.32 Å². The van der Waals surface area contributed by atoms with Crippen molar-refractivity contribution in [2.45, 2.75) is 19.5 Å². The smallest absolute Gasteiger partial charge is 0.213 e. The number of hydrogen-bond acceptors (Lipinski definition) is 4. The zero-order chi connectivity index (χ0) is 16.2. The molecule has 0 aliphatic heterocycles. The molecule has 1 aromatic heterocycles. The summed E-state index contributed by atoms with van der Waals surface area (Å²) in [7, 11) is 0. The normalized spacial score (nSPS) is 12.3. The summed E-state index contributed by atoms with van der Waals surface area (Å²) < 4.78 is 18.7. The summed E-state index contributed by atoms with van der Waals surface area (Å²) in [4.78, 5) is 4.10. The molecule has 0 amide bonds. The minimum Gasteiger partial charge on any atom is -0.343 e. The first-order chi connectivity index (χ1) is 11.1. The zero-order valence-corrected chi connectivity index (χ0v) is 13.2. The van der Waals surface area contributed by atoms with Gasteiger partial charge < -0.3 is 4.52 Å². The van der Waals surface area contributed by atoms with E-state index in [9.17, 15) is 4.39 Å². The second-order valence-electron chi connectivity index (χ2n) is 5.25. The lowest BCUT2D eigenvalue weighted by Crippen LogP contribution is -2.23. The Morgan fingerprint density at radius 2 is 2.00 bits per heavy atom. The first-order valence-electron chi connectivity index (χ1n) is 7.13. The fraction of sp³-hybridized carbons (Fsp3) is 0.176. The van der Waals surface area contributed by atoms with Crippen molar-refractivity contribution in [3.8, 4) is 0 Å². The van der Waals surface area contributed by atoms with Crippen LogP contribution in [0.15, 0.2) is 53.4 Å². The number of aryl methyl sites for hydroxylation is 1. The third-order valence-corrected chi connectivity index (χ3v) is 3.79. The summed E-state index contributed by atoms with van der Waals surface area (Å²) in [6.07, 6.45) is 1.27. The second-order valence-corrected chi connectivity index (χ2v) is 5.69. The molecular formula is C17H15ClFN3O. The van der Waals surface area contributed by atoms with Gasteiger partial charge in [0, 0.05) is 17.1 Å².